The molecule has 0 bridgehead atoms. The summed E-state index contributed by atoms with van der Waals surface area (Å²) in [6, 6.07) is 6.37. The van der Waals surface area contributed by atoms with Gasteiger partial charge in [0.1, 0.15) is 12.4 Å². The molecule has 24 heavy (non-hydrogen) atoms. The van der Waals surface area contributed by atoms with E-state index in [9.17, 15) is 9.59 Å². The average Bonchev–Trinajstić information content (AvgIpc) is 2.87. The highest BCUT2D eigenvalue weighted by molar-refractivity contribution is 7.16. The van der Waals surface area contributed by atoms with E-state index in [1.807, 2.05) is 6.92 Å². The van der Waals surface area contributed by atoms with E-state index in [0.29, 0.717) is 27.1 Å². The second-order valence-electron chi connectivity index (χ2n) is 5.19. The number of ether oxygens (including phenoxy) is 1. The molecular formula is C16H14ClN3O3S. The van der Waals surface area contributed by atoms with Crippen molar-refractivity contribution in [2.45, 2.75) is 20.5 Å². The second kappa shape index (κ2) is 6.62. The standard InChI is InChI=1S/C16H14ClN3O3S/c1-9-7-20-15(22)6-12(19-16(20)24-9)8-23-14-4-3-11(17)5-13(14)18-10(2)21/h3-7H,8H2,1-2H3,(H,18,21). The largest absolute Gasteiger partial charge is 0.485 e. The van der Waals surface area contributed by atoms with Crippen molar-refractivity contribution in [3.8, 4) is 5.75 Å². The smallest absolute Gasteiger partial charge is 0.258 e. The van der Waals surface area contributed by atoms with Crippen molar-refractivity contribution < 1.29 is 9.53 Å². The van der Waals surface area contributed by atoms with Crippen LogP contribution in [0.3, 0.4) is 0 Å². The lowest BCUT2D eigenvalue weighted by Gasteiger charge is -2.12. The van der Waals surface area contributed by atoms with Gasteiger partial charge in [-0.15, -0.1) is 11.3 Å². The van der Waals surface area contributed by atoms with E-state index in [0.717, 1.165) is 4.88 Å². The first-order chi connectivity index (χ1) is 11.4. The minimum absolute atomic E-state index is 0.108. The molecule has 2 heterocycles. The lowest BCUT2D eigenvalue weighted by molar-refractivity contribution is -0.114. The maximum atomic E-state index is 12.1. The second-order valence-corrected chi connectivity index (χ2v) is 6.84. The third kappa shape index (κ3) is 3.58. The summed E-state index contributed by atoms with van der Waals surface area (Å²) in [5, 5.41) is 3.15. The Morgan fingerprint density at radius 3 is 2.96 bits per heavy atom. The van der Waals surface area contributed by atoms with Crippen LogP contribution in [0.4, 0.5) is 5.69 Å². The van der Waals surface area contributed by atoms with Gasteiger partial charge in [0.25, 0.3) is 5.56 Å². The fourth-order valence-electron chi connectivity index (χ4n) is 2.20. The number of carbonyl (C=O) groups is 1. The monoisotopic (exact) mass is 363 g/mol. The van der Waals surface area contributed by atoms with Gasteiger partial charge in [-0.3, -0.25) is 14.0 Å². The number of aromatic nitrogens is 2. The van der Waals surface area contributed by atoms with E-state index in [1.54, 1.807) is 24.4 Å². The Bertz CT molecular complexity index is 980. The number of nitrogens with one attached hydrogen (secondary N) is 1. The number of rotatable bonds is 4. The van der Waals surface area contributed by atoms with Gasteiger partial charge in [0.2, 0.25) is 5.91 Å². The molecule has 0 aliphatic carbocycles. The number of hydrogen-bond donors (Lipinski definition) is 1. The van der Waals surface area contributed by atoms with Crippen molar-refractivity contribution in [1.82, 2.24) is 9.38 Å². The number of carbonyl (C=O) groups excluding carboxylic acids is 1. The Kier molecular flexibility index (Phi) is 4.55. The molecule has 0 fully saturated rings. The Labute approximate surface area is 146 Å². The average molecular weight is 364 g/mol. The molecule has 0 saturated carbocycles. The molecule has 3 rings (SSSR count). The van der Waals surface area contributed by atoms with E-state index in [2.05, 4.69) is 10.3 Å². The highest BCUT2D eigenvalue weighted by Gasteiger charge is 2.09. The number of thiazole rings is 1. The first kappa shape index (κ1) is 16.5. The summed E-state index contributed by atoms with van der Waals surface area (Å²) in [6.07, 6.45) is 1.76. The molecule has 124 valence electrons. The van der Waals surface area contributed by atoms with Gasteiger partial charge in [0.05, 0.1) is 11.4 Å². The molecule has 0 unspecified atom stereocenters. The summed E-state index contributed by atoms with van der Waals surface area (Å²) >= 11 is 7.38. The van der Waals surface area contributed by atoms with Gasteiger partial charge in [-0.05, 0) is 25.1 Å². The number of halogens is 1. The highest BCUT2D eigenvalue weighted by Crippen LogP contribution is 2.28. The minimum Gasteiger partial charge on any atom is -0.485 e. The molecule has 3 aromatic rings. The van der Waals surface area contributed by atoms with E-state index in [4.69, 9.17) is 16.3 Å². The van der Waals surface area contributed by atoms with Crippen molar-refractivity contribution in [3.63, 3.8) is 0 Å². The van der Waals surface area contributed by atoms with Crippen LogP contribution in [0.25, 0.3) is 4.96 Å². The minimum atomic E-state index is -0.228. The van der Waals surface area contributed by atoms with Crippen LogP contribution in [0, 0.1) is 6.92 Å². The highest BCUT2D eigenvalue weighted by atomic mass is 35.5. The summed E-state index contributed by atoms with van der Waals surface area (Å²) in [6.45, 7) is 3.43. The van der Waals surface area contributed by atoms with Crippen LogP contribution < -0.4 is 15.6 Å². The van der Waals surface area contributed by atoms with Crippen molar-refractivity contribution in [3.05, 3.63) is 56.4 Å². The molecule has 2 aromatic heterocycles. The Morgan fingerprint density at radius 1 is 1.42 bits per heavy atom. The van der Waals surface area contributed by atoms with E-state index >= 15 is 0 Å². The molecule has 6 nitrogen and oxygen atoms in total. The molecule has 1 amide bonds. The molecular weight excluding hydrogens is 350 g/mol. The van der Waals surface area contributed by atoms with Gasteiger partial charge < -0.3 is 10.1 Å². The van der Waals surface area contributed by atoms with Crippen molar-refractivity contribution >= 4 is 39.5 Å². The summed E-state index contributed by atoms with van der Waals surface area (Å²) < 4.78 is 7.22. The third-order valence-electron chi connectivity index (χ3n) is 3.16. The number of aryl methyl sites for hydroxylation is 1. The normalized spacial score (nSPS) is 10.8. The quantitative estimate of drug-likeness (QED) is 0.772. The van der Waals surface area contributed by atoms with Crippen LogP contribution in [-0.2, 0) is 11.4 Å². The molecule has 1 N–H and O–H groups in total. The fraction of sp³-hybridized carbons (Fsp3) is 0.188. The van der Waals surface area contributed by atoms with Gasteiger partial charge in [0.15, 0.2) is 4.96 Å². The van der Waals surface area contributed by atoms with Gasteiger partial charge in [-0.2, -0.15) is 0 Å². The van der Waals surface area contributed by atoms with E-state index in [1.165, 1.54) is 28.7 Å². The van der Waals surface area contributed by atoms with Crippen LogP contribution in [0.5, 0.6) is 5.75 Å². The molecule has 0 aliphatic heterocycles. The summed E-state index contributed by atoms with van der Waals surface area (Å²) in [5.41, 5.74) is 0.839. The molecule has 8 heteroatoms. The number of amides is 1. The van der Waals surface area contributed by atoms with Gasteiger partial charge >= 0.3 is 0 Å². The van der Waals surface area contributed by atoms with Crippen LogP contribution in [0.15, 0.2) is 35.3 Å². The van der Waals surface area contributed by atoms with Crippen LogP contribution in [0.2, 0.25) is 5.02 Å². The zero-order valence-electron chi connectivity index (χ0n) is 13.0. The summed E-state index contributed by atoms with van der Waals surface area (Å²) in [5.74, 6) is 0.230. The first-order valence-electron chi connectivity index (χ1n) is 7.11. The Balaban J connectivity index is 1.85. The van der Waals surface area contributed by atoms with Gasteiger partial charge in [0, 0.05) is 29.1 Å². The lowest BCUT2D eigenvalue weighted by atomic mass is 10.3. The lowest BCUT2D eigenvalue weighted by Crippen LogP contribution is -2.14. The van der Waals surface area contributed by atoms with Gasteiger partial charge in [-0.1, -0.05) is 11.6 Å². The number of nitrogens with zero attached hydrogens (tertiary/aromatic N) is 2. The maximum Gasteiger partial charge on any atom is 0.258 e. The van der Waals surface area contributed by atoms with Crippen molar-refractivity contribution in [2.75, 3.05) is 5.32 Å². The third-order valence-corrected chi connectivity index (χ3v) is 4.30. The number of hydrogen-bond acceptors (Lipinski definition) is 5. The predicted octanol–water partition coefficient (Wildman–Crippen LogP) is 3.26. The van der Waals surface area contributed by atoms with E-state index in [-0.39, 0.29) is 18.1 Å². The molecule has 1 aromatic carbocycles. The summed E-state index contributed by atoms with van der Waals surface area (Å²) in [4.78, 5) is 29.4. The zero-order chi connectivity index (χ0) is 17.3. The molecule has 0 saturated heterocycles. The molecule has 0 spiro atoms. The van der Waals surface area contributed by atoms with Crippen LogP contribution in [-0.4, -0.2) is 15.3 Å². The Morgan fingerprint density at radius 2 is 2.21 bits per heavy atom. The first-order valence-corrected chi connectivity index (χ1v) is 8.30. The molecule has 0 atom stereocenters. The van der Waals surface area contributed by atoms with Crippen molar-refractivity contribution in [1.29, 1.82) is 0 Å². The summed E-state index contributed by atoms with van der Waals surface area (Å²) in [7, 11) is 0. The predicted molar refractivity (Wildman–Crippen MR) is 94.2 cm³/mol. The van der Waals surface area contributed by atoms with Crippen LogP contribution in [0.1, 0.15) is 17.5 Å². The Hall–Kier alpha value is -2.38. The fourth-order valence-corrected chi connectivity index (χ4v) is 3.22. The molecule has 0 aliphatic rings. The molecule has 0 radical (unpaired) electrons. The van der Waals surface area contributed by atoms with Crippen molar-refractivity contribution in [2.24, 2.45) is 0 Å². The maximum absolute atomic E-state index is 12.1. The number of benzene rings is 1. The van der Waals surface area contributed by atoms with E-state index < -0.39 is 0 Å². The zero-order valence-corrected chi connectivity index (χ0v) is 14.6. The number of fused-ring (bicyclic) bond motifs is 1. The van der Waals surface area contributed by atoms with Gasteiger partial charge in [-0.25, -0.2) is 4.98 Å². The SMILES string of the molecule is CC(=O)Nc1cc(Cl)ccc1OCc1cc(=O)n2cc(C)sc2n1. The topological polar surface area (TPSA) is 72.7 Å². The van der Waals surface area contributed by atoms with Crippen LogP contribution >= 0.6 is 22.9 Å². The number of anilines is 1.